The van der Waals surface area contributed by atoms with Crippen LogP contribution in [-0.4, -0.2) is 76.9 Å². The first-order valence-corrected chi connectivity index (χ1v) is 23.5. The smallest absolute Gasteiger partial charge is 0.462 e. The van der Waals surface area contributed by atoms with Crippen molar-refractivity contribution in [3.8, 4) is 0 Å². The van der Waals surface area contributed by atoms with E-state index < -0.39 is 51.8 Å². The highest BCUT2D eigenvalue weighted by atomic mass is 31.2. The van der Waals surface area contributed by atoms with Gasteiger partial charge in [0.05, 0.1) is 25.9 Å². The number of carbonyl (C=O) groups excluding carboxylic acids is 2. The summed E-state index contributed by atoms with van der Waals surface area (Å²) in [6.07, 6.45) is 43.3. The van der Waals surface area contributed by atoms with E-state index in [2.05, 4.69) is 54.8 Å². The van der Waals surface area contributed by atoms with Gasteiger partial charge in [0.2, 0.25) is 0 Å². The molecule has 0 aromatic heterocycles. The predicted octanol–water partition coefficient (Wildman–Crippen LogP) is 10.6. The molecule has 12 heteroatoms. The summed E-state index contributed by atoms with van der Waals surface area (Å²) in [6.45, 7) is 2.13. The minimum absolute atomic E-state index is 0.140. The molecule has 4 atom stereocenters. The lowest BCUT2D eigenvalue weighted by atomic mass is 10.1. The van der Waals surface area contributed by atoms with Gasteiger partial charge >= 0.3 is 19.8 Å². The van der Waals surface area contributed by atoms with Gasteiger partial charge in [0.25, 0.3) is 0 Å². The first kappa shape index (κ1) is 55.4. The molecule has 0 amide bonds. The van der Waals surface area contributed by atoms with Crippen molar-refractivity contribution in [2.45, 2.75) is 180 Å². The third-order valence-electron chi connectivity index (χ3n) is 8.94. The number of hydrogen-bond donors (Lipinski definition) is 4. The Labute approximate surface area is 351 Å². The van der Waals surface area contributed by atoms with E-state index in [0.29, 0.717) is 19.3 Å². The van der Waals surface area contributed by atoms with Crippen molar-refractivity contribution in [2.24, 2.45) is 0 Å². The van der Waals surface area contributed by atoms with Gasteiger partial charge in [-0.2, -0.15) is 0 Å². The molecule has 0 radical (unpaired) electrons. The Morgan fingerprint density at radius 2 is 1.10 bits per heavy atom. The van der Waals surface area contributed by atoms with E-state index in [1.54, 1.807) is 0 Å². The number of rotatable bonds is 40. The van der Waals surface area contributed by atoms with Crippen LogP contribution in [0.5, 0.6) is 0 Å². The molecular weight excluding hydrogens is 759 g/mol. The van der Waals surface area contributed by atoms with Gasteiger partial charge in [-0.15, -0.1) is 0 Å². The second kappa shape index (κ2) is 41.1. The molecule has 0 saturated heterocycles. The molecule has 0 aliphatic rings. The molecule has 0 bridgehead atoms. The fraction of sp³-hybridized carbons (Fsp3) is 0.696. The molecule has 0 aliphatic carbocycles. The summed E-state index contributed by atoms with van der Waals surface area (Å²) in [6, 6.07) is 0. The van der Waals surface area contributed by atoms with Crippen molar-refractivity contribution < 1.29 is 52.9 Å². The van der Waals surface area contributed by atoms with E-state index in [1.165, 1.54) is 38.5 Å². The maximum atomic E-state index is 12.6. The van der Waals surface area contributed by atoms with E-state index in [4.69, 9.17) is 19.1 Å². The zero-order valence-corrected chi connectivity index (χ0v) is 36.7. The summed E-state index contributed by atoms with van der Waals surface area (Å²) in [7, 11) is -4.65. The maximum Gasteiger partial charge on any atom is 0.472 e. The van der Waals surface area contributed by atoms with Crippen molar-refractivity contribution in [2.75, 3.05) is 26.4 Å². The molecule has 0 aromatic rings. The average molecular weight is 839 g/mol. The van der Waals surface area contributed by atoms with Crippen LogP contribution in [0.4, 0.5) is 0 Å². The van der Waals surface area contributed by atoms with Gasteiger partial charge in [-0.05, 0) is 70.6 Å². The number of unbranched alkanes of at least 4 members (excludes halogenated alkanes) is 13. The van der Waals surface area contributed by atoms with Gasteiger partial charge in [-0.25, -0.2) is 4.57 Å². The van der Waals surface area contributed by atoms with Crippen LogP contribution in [0.25, 0.3) is 0 Å². The standard InChI is InChI=1S/C46H79O11P/c1-3-5-7-8-9-10-11-12-13-14-15-16-19-23-26-29-33-37-46(51)57-44(41-56-58(52,53)55-39-43(49)38-47)40-54-45(50)36-32-28-25-22-20-17-18-21-24-27-31-35-42(48)34-30-6-4-2/h9-10,12-13,17-18,22,24-25,27,31,35,42-44,47-49H,3-8,11,14-16,19-21,23,26,28-30,32-34,36-41H2,1-2H3,(H,52,53)/b10-9-,13-12-,18-17-,25-22-,27-24-,35-31+/t42-,43+,44-/m1/s1. The zero-order chi connectivity index (χ0) is 42.8. The molecule has 0 heterocycles. The Hall–Kier alpha value is -2.63. The van der Waals surface area contributed by atoms with E-state index in [0.717, 1.165) is 77.0 Å². The van der Waals surface area contributed by atoms with Gasteiger partial charge in [0.15, 0.2) is 6.10 Å². The molecule has 11 nitrogen and oxygen atoms in total. The van der Waals surface area contributed by atoms with E-state index >= 15 is 0 Å². The molecular formula is C46H79O11P. The molecule has 334 valence electrons. The lowest BCUT2D eigenvalue weighted by Crippen LogP contribution is -2.29. The van der Waals surface area contributed by atoms with Crippen LogP contribution in [0.1, 0.15) is 162 Å². The van der Waals surface area contributed by atoms with E-state index in [-0.39, 0.29) is 25.6 Å². The zero-order valence-electron chi connectivity index (χ0n) is 35.8. The van der Waals surface area contributed by atoms with Gasteiger partial charge < -0.3 is 29.7 Å². The number of ether oxygens (including phenoxy) is 2. The van der Waals surface area contributed by atoms with Crippen molar-refractivity contribution in [3.63, 3.8) is 0 Å². The molecule has 1 unspecified atom stereocenters. The number of carbonyl (C=O) groups is 2. The van der Waals surface area contributed by atoms with Gasteiger partial charge in [0, 0.05) is 12.8 Å². The number of aliphatic hydroxyl groups excluding tert-OH is 3. The average Bonchev–Trinajstić information content (AvgIpc) is 3.20. The highest BCUT2D eigenvalue weighted by Crippen LogP contribution is 2.43. The maximum absolute atomic E-state index is 12.6. The number of esters is 2. The second-order valence-corrected chi connectivity index (χ2v) is 16.0. The highest BCUT2D eigenvalue weighted by Gasteiger charge is 2.27. The molecule has 0 aliphatic heterocycles. The normalized spacial score (nSPS) is 15.1. The first-order valence-electron chi connectivity index (χ1n) is 22.0. The summed E-state index contributed by atoms with van der Waals surface area (Å²) in [5, 5.41) is 28.2. The number of phosphoric ester groups is 1. The first-order chi connectivity index (χ1) is 28.1. The third-order valence-corrected chi connectivity index (χ3v) is 9.89. The molecule has 4 N–H and O–H groups in total. The Morgan fingerprint density at radius 3 is 1.74 bits per heavy atom. The third kappa shape index (κ3) is 40.2. The highest BCUT2D eigenvalue weighted by molar-refractivity contribution is 7.47. The Morgan fingerprint density at radius 1 is 0.586 bits per heavy atom. The molecule has 0 saturated carbocycles. The molecule has 0 rings (SSSR count). The van der Waals surface area contributed by atoms with E-state index in [9.17, 15) is 29.3 Å². The molecule has 0 fully saturated rings. The van der Waals surface area contributed by atoms with Crippen LogP contribution in [0, 0.1) is 0 Å². The Kier molecular flexibility index (Phi) is 39.3. The number of phosphoric acid groups is 1. The Bertz CT molecular complexity index is 1210. The van der Waals surface area contributed by atoms with Crippen LogP contribution in [0.2, 0.25) is 0 Å². The quantitative estimate of drug-likeness (QED) is 0.0152. The number of allylic oxidation sites excluding steroid dienone is 11. The monoisotopic (exact) mass is 839 g/mol. The van der Waals surface area contributed by atoms with Crippen LogP contribution in [0.15, 0.2) is 72.9 Å². The number of aliphatic hydroxyl groups is 3. The lowest BCUT2D eigenvalue weighted by Gasteiger charge is -2.20. The largest absolute Gasteiger partial charge is 0.472 e. The predicted molar refractivity (Wildman–Crippen MR) is 234 cm³/mol. The summed E-state index contributed by atoms with van der Waals surface area (Å²) in [4.78, 5) is 35.0. The lowest BCUT2D eigenvalue weighted by molar-refractivity contribution is -0.161. The van der Waals surface area contributed by atoms with Crippen LogP contribution < -0.4 is 0 Å². The summed E-state index contributed by atoms with van der Waals surface area (Å²) >= 11 is 0. The SMILES string of the molecule is CCCCC/C=C\C/C=C\CCCCCCCCCC(=O)O[C@H](COC(=O)CCC/C=C\C/C=C\C/C=C\C=C\[C@H](O)CCCCC)COP(=O)(O)OC[C@@H](O)CO. The Balaban J connectivity index is 4.45. The van der Waals surface area contributed by atoms with Crippen molar-refractivity contribution in [1.29, 1.82) is 0 Å². The van der Waals surface area contributed by atoms with Crippen molar-refractivity contribution in [3.05, 3.63) is 72.9 Å². The van der Waals surface area contributed by atoms with Crippen LogP contribution >= 0.6 is 7.82 Å². The fourth-order valence-electron chi connectivity index (χ4n) is 5.48. The molecule has 0 spiro atoms. The summed E-state index contributed by atoms with van der Waals surface area (Å²) in [5.74, 6) is -1.03. The van der Waals surface area contributed by atoms with Crippen LogP contribution in [-0.2, 0) is 32.7 Å². The summed E-state index contributed by atoms with van der Waals surface area (Å²) in [5.41, 5.74) is 0. The van der Waals surface area contributed by atoms with Crippen molar-refractivity contribution in [1.82, 2.24) is 0 Å². The van der Waals surface area contributed by atoms with Crippen LogP contribution in [0.3, 0.4) is 0 Å². The second-order valence-electron chi connectivity index (χ2n) is 14.6. The topological polar surface area (TPSA) is 169 Å². The number of hydrogen-bond acceptors (Lipinski definition) is 10. The fourth-order valence-corrected chi connectivity index (χ4v) is 6.27. The van der Waals surface area contributed by atoms with Gasteiger partial charge in [0.1, 0.15) is 12.7 Å². The van der Waals surface area contributed by atoms with Gasteiger partial charge in [-0.1, -0.05) is 151 Å². The summed E-state index contributed by atoms with van der Waals surface area (Å²) < 4.78 is 32.6. The minimum Gasteiger partial charge on any atom is -0.462 e. The molecule has 58 heavy (non-hydrogen) atoms. The van der Waals surface area contributed by atoms with E-state index in [1.807, 2.05) is 36.5 Å². The van der Waals surface area contributed by atoms with Crippen molar-refractivity contribution >= 4 is 19.8 Å². The van der Waals surface area contributed by atoms with Gasteiger partial charge in [-0.3, -0.25) is 18.6 Å². The minimum atomic E-state index is -4.65. The molecule has 0 aromatic carbocycles.